The van der Waals surface area contributed by atoms with E-state index < -0.39 is 10.0 Å². The highest BCUT2D eigenvalue weighted by Gasteiger charge is 2.30. The summed E-state index contributed by atoms with van der Waals surface area (Å²) in [6, 6.07) is 10.2. The summed E-state index contributed by atoms with van der Waals surface area (Å²) in [5.41, 5.74) is 1.11. The normalized spacial score (nSPS) is 16.4. The second-order valence-electron chi connectivity index (χ2n) is 7.85. The molecule has 0 aliphatic carbocycles. The van der Waals surface area contributed by atoms with Gasteiger partial charge in [0.25, 0.3) is 0 Å². The Bertz CT molecular complexity index is 1140. The van der Waals surface area contributed by atoms with E-state index in [2.05, 4.69) is 4.90 Å². The van der Waals surface area contributed by atoms with Gasteiger partial charge in [-0.25, -0.2) is 8.42 Å². The molecule has 2 aromatic carbocycles. The van der Waals surface area contributed by atoms with E-state index >= 15 is 0 Å². The van der Waals surface area contributed by atoms with E-state index in [0.29, 0.717) is 26.2 Å². The molecule has 0 spiro atoms. The second-order valence-corrected chi connectivity index (χ2v) is 10.6. The fraction of sp³-hybridized carbons (Fsp3) is 0.409. The molecular weight excluding hydrogens is 489 g/mol. The molecule has 2 aromatic rings. The molecule has 1 amide bonds. The van der Waals surface area contributed by atoms with E-state index in [1.54, 1.807) is 11.8 Å². The van der Waals surface area contributed by atoms with Gasteiger partial charge in [-0.2, -0.15) is 4.31 Å². The molecule has 0 saturated carbocycles. The monoisotopic (exact) mass is 513 g/mol. The molecule has 2 aliphatic heterocycles. The van der Waals surface area contributed by atoms with E-state index in [0.717, 1.165) is 27.9 Å². The van der Waals surface area contributed by atoms with Crippen molar-refractivity contribution in [1.29, 1.82) is 0 Å². The number of benzene rings is 2. The maximum absolute atomic E-state index is 13.1. The van der Waals surface area contributed by atoms with Crippen LogP contribution in [-0.4, -0.2) is 74.5 Å². The highest BCUT2D eigenvalue weighted by atomic mass is 35.5. The minimum atomic E-state index is -3.96. The molecular formula is C22H25Cl2N3O5S. The van der Waals surface area contributed by atoms with Gasteiger partial charge in [0.05, 0.1) is 11.6 Å². The highest BCUT2D eigenvalue weighted by molar-refractivity contribution is 7.89. The maximum Gasteiger partial charge on any atom is 0.245 e. The molecule has 11 heteroatoms. The molecule has 0 bridgehead atoms. The number of hydrogen-bond acceptors (Lipinski definition) is 6. The molecule has 0 radical (unpaired) electrons. The van der Waals surface area contributed by atoms with Crippen LogP contribution in [-0.2, 0) is 21.4 Å². The largest absolute Gasteiger partial charge is 0.454 e. The van der Waals surface area contributed by atoms with Crippen molar-refractivity contribution in [2.75, 3.05) is 46.1 Å². The van der Waals surface area contributed by atoms with Crippen LogP contribution >= 0.6 is 23.2 Å². The Balaban J connectivity index is 1.34. The van der Waals surface area contributed by atoms with Crippen LogP contribution in [0.15, 0.2) is 41.3 Å². The van der Waals surface area contributed by atoms with Gasteiger partial charge in [-0.15, -0.1) is 0 Å². The number of likely N-dealkylation sites (N-methyl/N-ethyl adjacent to an activating group) is 1. The Labute approximate surface area is 203 Å². The summed E-state index contributed by atoms with van der Waals surface area (Å²) < 4.78 is 38.1. The zero-order valence-corrected chi connectivity index (χ0v) is 20.5. The molecule has 8 nitrogen and oxygen atoms in total. The number of carbonyl (C=O) groups excluding carboxylic acids is 1. The Hall–Kier alpha value is -2.04. The number of nitrogens with zero attached hydrogens (tertiary/aromatic N) is 3. The van der Waals surface area contributed by atoms with Crippen LogP contribution in [0.25, 0.3) is 0 Å². The highest BCUT2D eigenvalue weighted by Crippen LogP contribution is 2.33. The number of sulfonamides is 1. The molecule has 1 saturated heterocycles. The zero-order chi connectivity index (χ0) is 23.6. The van der Waals surface area contributed by atoms with Gasteiger partial charge in [0.1, 0.15) is 4.90 Å². The smallest absolute Gasteiger partial charge is 0.245 e. The number of piperazine rings is 1. The lowest BCUT2D eigenvalue weighted by Crippen LogP contribution is -2.51. The van der Waals surface area contributed by atoms with Gasteiger partial charge in [-0.1, -0.05) is 36.2 Å². The number of amides is 1. The Morgan fingerprint density at radius 1 is 1.03 bits per heavy atom. The first-order valence-electron chi connectivity index (χ1n) is 10.6. The van der Waals surface area contributed by atoms with E-state index in [4.69, 9.17) is 32.7 Å². The van der Waals surface area contributed by atoms with E-state index in [9.17, 15) is 13.2 Å². The third kappa shape index (κ3) is 5.38. The first kappa shape index (κ1) is 24.1. The van der Waals surface area contributed by atoms with Gasteiger partial charge in [-0.05, 0) is 35.9 Å². The minimum Gasteiger partial charge on any atom is -0.454 e. The zero-order valence-electron chi connectivity index (χ0n) is 18.2. The number of rotatable bonds is 7. The first-order chi connectivity index (χ1) is 15.8. The first-order valence-corrected chi connectivity index (χ1v) is 12.8. The number of fused-ring (bicyclic) bond motifs is 1. The molecule has 1 fully saturated rings. The average Bonchev–Trinajstić information content (AvgIpc) is 3.27. The van der Waals surface area contributed by atoms with Crippen molar-refractivity contribution < 1.29 is 22.7 Å². The number of hydrogen-bond donors (Lipinski definition) is 0. The van der Waals surface area contributed by atoms with Crippen molar-refractivity contribution in [3.8, 4) is 11.5 Å². The van der Waals surface area contributed by atoms with E-state index in [-0.39, 0.29) is 40.7 Å². The summed E-state index contributed by atoms with van der Waals surface area (Å²) in [6.45, 7) is 5.00. The minimum absolute atomic E-state index is 0.0717. The van der Waals surface area contributed by atoms with Crippen molar-refractivity contribution in [3.05, 3.63) is 52.0 Å². The van der Waals surface area contributed by atoms with Gasteiger partial charge in [0.15, 0.2) is 11.5 Å². The Morgan fingerprint density at radius 3 is 2.48 bits per heavy atom. The Morgan fingerprint density at radius 2 is 1.76 bits per heavy atom. The van der Waals surface area contributed by atoms with Crippen LogP contribution in [0.1, 0.15) is 12.5 Å². The predicted octanol–water partition coefficient (Wildman–Crippen LogP) is 3.08. The fourth-order valence-corrected chi connectivity index (χ4v) is 6.02. The SMILES string of the molecule is CCN(CC(=O)N1CCN(Cc2ccc3c(c2)OCO3)CC1)S(=O)(=O)c1cc(Cl)ccc1Cl. The summed E-state index contributed by atoms with van der Waals surface area (Å²) >= 11 is 12.1. The number of halogens is 2. The summed E-state index contributed by atoms with van der Waals surface area (Å²) in [7, 11) is -3.96. The molecule has 33 heavy (non-hydrogen) atoms. The van der Waals surface area contributed by atoms with Crippen molar-refractivity contribution in [2.24, 2.45) is 0 Å². The van der Waals surface area contributed by atoms with Crippen LogP contribution in [0.4, 0.5) is 0 Å². The third-order valence-electron chi connectivity index (χ3n) is 5.74. The van der Waals surface area contributed by atoms with Crippen LogP contribution in [0.3, 0.4) is 0 Å². The maximum atomic E-state index is 13.1. The molecule has 178 valence electrons. The predicted molar refractivity (Wildman–Crippen MR) is 125 cm³/mol. The molecule has 2 aliphatic rings. The lowest BCUT2D eigenvalue weighted by atomic mass is 10.1. The fourth-order valence-electron chi connectivity index (χ4n) is 3.88. The second kappa shape index (κ2) is 10.1. The van der Waals surface area contributed by atoms with Crippen LogP contribution < -0.4 is 9.47 Å². The molecule has 4 rings (SSSR count). The quantitative estimate of drug-likeness (QED) is 0.565. The average molecular weight is 514 g/mol. The van der Waals surface area contributed by atoms with Crippen molar-refractivity contribution in [3.63, 3.8) is 0 Å². The van der Waals surface area contributed by atoms with Gasteiger partial charge in [0.2, 0.25) is 22.7 Å². The van der Waals surface area contributed by atoms with Crippen molar-refractivity contribution >= 4 is 39.1 Å². The molecule has 2 heterocycles. The van der Waals surface area contributed by atoms with E-state index in [1.807, 2.05) is 18.2 Å². The van der Waals surface area contributed by atoms with Crippen LogP contribution in [0.2, 0.25) is 10.0 Å². The van der Waals surface area contributed by atoms with Gasteiger partial charge < -0.3 is 14.4 Å². The lowest BCUT2D eigenvalue weighted by Gasteiger charge is -2.35. The molecule has 0 atom stereocenters. The van der Waals surface area contributed by atoms with Crippen LogP contribution in [0, 0.1) is 0 Å². The third-order valence-corrected chi connectivity index (χ3v) is 8.38. The van der Waals surface area contributed by atoms with Gasteiger partial charge >= 0.3 is 0 Å². The molecule has 0 unspecified atom stereocenters. The summed E-state index contributed by atoms with van der Waals surface area (Å²) in [5.74, 6) is 1.27. The topological polar surface area (TPSA) is 79.4 Å². The Kier molecular flexibility index (Phi) is 7.35. The van der Waals surface area contributed by atoms with Gasteiger partial charge in [-0.3, -0.25) is 9.69 Å². The summed E-state index contributed by atoms with van der Waals surface area (Å²) in [5, 5.41) is 0.335. The summed E-state index contributed by atoms with van der Waals surface area (Å²) in [6.07, 6.45) is 0. The lowest BCUT2D eigenvalue weighted by molar-refractivity contribution is -0.133. The summed E-state index contributed by atoms with van der Waals surface area (Å²) in [4.78, 5) is 16.8. The van der Waals surface area contributed by atoms with Crippen molar-refractivity contribution in [2.45, 2.75) is 18.4 Å². The van der Waals surface area contributed by atoms with Crippen LogP contribution in [0.5, 0.6) is 11.5 Å². The van der Waals surface area contributed by atoms with E-state index in [1.165, 1.54) is 18.2 Å². The molecule has 0 aromatic heterocycles. The number of carbonyl (C=O) groups is 1. The van der Waals surface area contributed by atoms with Crippen molar-refractivity contribution in [1.82, 2.24) is 14.1 Å². The number of ether oxygens (including phenoxy) is 2. The standard InChI is InChI=1S/C22H25Cl2N3O5S/c1-2-27(33(29,30)21-12-17(23)4-5-18(21)24)14-22(28)26-9-7-25(8-10-26)13-16-3-6-19-20(11-16)32-15-31-19/h3-6,11-12H,2,7-10,13-15H2,1H3. The molecule has 0 N–H and O–H groups in total. The van der Waals surface area contributed by atoms with Gasteiger partial charge in [0, 0.05) is 44.3 Å².